The molecule has 1 aromatic heterocycles. The van der Waals surface area contributed by atoms with Crippen LogP contribution in [-0.2, 0) is 25.9 Å². The molecule has 2 aromatic carbocycles. The van der Waals surface area contributed by atoms with Gasteiger partial charge in [0.15, 0.2) is 0 Å². The molecule has 0 saturated carbocycles. The Hall–Kier alpha value is -3.15. The van der Waals surface area contributed by atoms with Gasteiger partial charge in [-0.2, -0.15) is 0 Å². The molecular formula is C21H22N4O2. The fraction of sp³-hybridized carbons (Fsp3) is 0.286. The first-order valence-electron chi connectivity index (χ1n) is 9.18. The van der Waals surface area contributed by atoms with Crippen molar-refractivity contribution >= 4 is 11.4 Å². The summed E-state index contributed by atoms with van der Waals surface area (Å²) in [7, 11) is 0. The molecule has 0 unspecified atom stereocenters. The Balaban J connectivity index is 1.52. The predicted octanol–water partition coefficient (Wildman–Crippen LogP) is 3.91. The molecule has 0 bridgehead atoms. The Bertz CT molecular complexity index is 966. The summed E-state index contributed by atoms with van der Waals surface area (Å²) < 4.78 is 2.23. The monoisotopic (exact) mass is 362 g/mol. The number of hydrogen-bond donors (Lipinski definition) is 0. The Morgan fingerprint density at radius 3 is 2.78 bits per heavy atom. The van der Waals surface area contributed by atoms with Crippen molar-refractivity contribution in [3.63, 3.8) is 0 Å². The van der Waals surface area contributed by atoms with Crippen molar-refractivity contribution in [3.05, 3.63) is 87.5 Å². The van der Waals surface area contributed by atoms with E-state index in [1.165, 1.54) is 11.3 Å². The lowest BCUT2D eigenvalue weighted by Gasteiger charge is -2.28. The lowest BCUT2D eigenvalue weighted by Crippen LogP contribution is -2.31. The van der Waals surface area contributed by atoms with Gasteiger partial charge in [-0.25, -0.2) is 4.98 Å². The van der Waals surface area contributed by atoms with E-state index in [1.807, 2.05) is 31.5 Å². The van der Waals surface area contributed by atoms with Gasteiger partial charge in [-0.1, -0.05) is 36.4 Å². The zero-order chi connectivity index (χ0) is 18.8. The molecule has 0 saturated heterocycles. The van der Waals surface area contributed by atoms with E-state index in [9.17, 15) is 10.1 Å². The first kappa shape index (κ1) is 17.3. The maximum Gasteiger partial charge on any atom is 0.292 e. The average Bonchev–Trinajstić information content (AvgIpc) is 3.09. The molecule has 0 spiro atoms. The smallest absolute Gasteiger partial charge is 0.292 e. The van der Waals surface area contributed by atoms with Crippen LogP contribution in [0.2, 0.25) is 0 Å². The van der Waals surface area contributed by atoms with Crippen LogP contribution in [0.4, 0.5) is 11.4 Å². The lowest BCUT2D eigenvalue weighted by atomic mass is 10.1. The zero-order valence-electron chi connectivity index (χ0n) is 15.3. The van der Waals surface area contributed by atoms with Crippen molar-refractivity contribution in [1.29, 1.82) is 0 Å². The van der Waals surface area contributed by atoms with Gasteiger partial charge in [-0.15, -0.1) is 0 Å². The van der Waals surface area contributed by atoms with Gasteiger partial charge in [-0.05, 0) is 30.5 Å². The third kappa shape index (κ3) is 3.56. The number of imidazole rings is 1. The Morgan fingerprint density at radius 2 is 2.00 bits per heavy atom. The molecule has 0 N–H and O–H groups in total. The minimum absolute atomic E-state index is 0.168. The summed E-state index contributed by atoms with van der Waals surface area (Å²) >= 11 is 0. The second kappa shape index (κ2) is 7.23. The summed E-state index contributed by atoms with van der Waals surface area (Å²) in [5.41, 5.74) is 5.32. The van der Waals surface area contributed by atoms with E-state index in [2.05, 4.69) is 38.7 Å². The van der Waals surface area contributed by atoms with Crippen molar-refractivity contribution in [3.8, 4) is 0 Å². The largest absolute Gasteiger partial charge is 0.360 e. The van der Waals surface area contributed by atoms with Gasteiger partial charge in [0.2, 0.25) is 0 Å². The van der Waals surface area contributed by atoms with Crippen LogP contribution < -0.4 is 4.90 Å². The number of aryl methyl sites for hydroxylation is 3. The Morgan fingerprint density at radius 1 is 1.19 bits per heavy atom. The summed E-state index contributed by atoms with van der Waals surface area (Å²) in [5, 5.41) is 11.4. The summed E-state index contributed by atoms with van der Waals surface area (Å²) in [4.78, 5) is 17.8. The summed E-state index contributed by atoms with van der Waals surface area (Å²) in [5.74, 6) is 0. The van der Waals surface area contributed by atoms with E-state index in [4.69, 9.17) is 0 Å². The van der Waals surface area contributed by atoms with Crippen LogP contribution in [0, 0.1) is 17.0 Å². The molecule has 27 heavy (non-hydrogen) atoms. The van der Waals surface area contributed by atoms with E-state index in [0.29, 0.717) is 12.2 Å². The minimum Gasteiger partial charge on any atom is -0.360 e. The predicted molar refractivity (Wildman–Crippen MR) is 105 cm³/mol. The van der Waals surface area contributed by atoms with Gasteiger partial charge in [0.1, 0.15) is 5.69 Å². The maximum atomic E-state index is 11.4. The van der Waals surface area contributed by atoms with Gasteiger partial charge in [0.25, 0.3) is 5.69 Å². The van der Waals surface area contributed by atoms with Gasteiger partial charge < -0.3 is 9.47 Å². The summed E-state index contributed by atoms with van der Waals surface area (Å²) in [6.07, 6.45) is 3.71. The summed E-state index contributed by atoms with van der Waals surface area (Å²) in [6.45, 7) is 4.14. The molecule has 1 aliphatic heterocycles. The molecule has 6 nitrogen and oxygen atoms in total. The number of benzene rings is 2. The molecule has 6 heteroatoms. The van der Waals surface area contributed by atoms with Gasteiger partial charge in [0.05, 0.1) is 23.5 Å². The van der Waals surface area contributed by atoms with Crippen molar-refractivity contribution in [1.82, 2.24) is 9.55 Å². The normalized spacial score (nSPS) is 13.4. The van der Waals surface area contributed by atoms with Crippen LogP contribution in [-0.4, -0.2) is 21.0 Å². The van der Waals surface area contributed by atoms with Crippen LogP contribution in [0.5, 0.6) is 0 Å². The highest BCUT2D eigenvalue weighted by Crippen LogP contribution is 2.32. The van der Waals surface area contributed by atoms with E-state index < -0.39 is 0 Å². The molecule has 0 fully saturated rings. The fourth-order valence-electron chi connectivity index (χ4n) is 3.71. The average molecular weight is 362 g/mol. The highest BCUT2D eigenvalue weighted by Gasteiger charge is 2.26. The first-order chi connectivity index (χ1) is 13.1. The number of aromatic nitrogens is 2. The molecule has 0 aliphatic carbocycles. The molecular weight excluding hydrogens is 340 g/mol. The Kier molecular flexibility index (Phi) is 4.62. The molecule has 4 rings (SSSR count). The quantitative estimate of drug-likeness (QED) is 0.510. The highest BCUT2D eigenvalue weighted by atomic mass is 16.6. The van der Waals surface area contributed by atoms with Crippen LogP contribution in [0.15, 0.2) is 54.9 Å². The molecule has 3 aromatic rings. The number of hydrogen-bond acceptors (Lipinski definition) is 4. The minimum atomic E-state index is -0.295. The van der Waals surface area contributed by atoms with E-state index in [1.54, 1.807) is 6.07 Å². The zero-order valence-corrected chi connectivity index (χ0v) is 15.3. The van der Waals surface area contributed by atoms with Crippen molar-refractivity contribution in [2.75, 3.05) is 11.4 Å². The highest BCUT2D eigenvalue weighted by molar-refractivity contribution is 5.65. The number of fused-ring (bicyclic) bond motifs is 1. The molecule has 138 valence electrons. The van der Waals surface area contributed by atoms with Gasteiger partial charge in [0, 0.05) is 31.3 Å². The first-order valence-corrected chi connectivity index (χ1v) is 9.18. The third-order valence-electron chi connectivity index (χ3n) is 5.14. The van der Waals surface area contributed by atoms with E-state index in [0.717, 1.165) is 37.2 Å². The van der Waals surface area contributed by atoms with Crippen LogP contribution in [0.1, 0.15) is 22.5 Å². The Labute approximate surface area is 158 Å². The molecule has 2 heterocycles. The van der Waals surface area contributed by atoms with Gasteiger partial charge in [-0.3, -0.25) is 10.1 Å². The van der Waals surface area contributed by atoms with Crippen LogP contribution >= 0.6 is 0 Å². The van der Waals surface area contributed by atoms with Crippen LogP contribution in [0.3, 0.4) is 0 Å². The second-order valence-corrected chi connectivity index (χ2v) is 6.99. The van der Waals surface area contributed by atoms with E-state index >= 15 is 0 Å². The fourth-order valence-corrected chi connectivity index (χ4v) is 3.71. The molecule has 0 amide bonds. The number of nitro groups is 1. The summed E-state index contributed by atoms with van der Waals surface area (Å²) in [6, 6.07) is 15.9. The molecule has 1 aliphatic rings. The number of nitro benzene ring substituents is 1. The maximum absolute atomic E-state index is 11.4. The molecule has 0 atom stereocenters. The van der Waals surface area contributed by atoms with Crippen LogP contribution in [0.25, 0.3) is 0 Å². The SMILES string of the molecule is Cc1ccc(N2CCc3c(ncn3CCc3ccccc3)C2)c([N+](=O)[O-])c1. The molecule has 0 radical (unpaired) electrons. The number of nitrogens with zero attached hydrogens (tertiary/aromatic N) is 4. The number of anilines is 1. The topological polar surface area (TPSA) is 64.2 Å². The third-order valence-corrected chi connectivity index (χ3v) is 5.14. The van der Waals surface area contributed by atoms with E-state index in [-0.39, 0.29) is 10.6 Å². The van der Waals surface area contributed by atoms with Crippen molar-refractivity contribution in [2.45, 2.75) is 32.9 Å². The van der Waals surface area contributed by atoms with Gasteiger partial charge >= 0.3 is 0 Å². The van der Waals surface area contributed by atoms with Crippen molar-refractivity contribution in [2.24, 2.45) is 0 Å². The standard InChI is InChI=1S/C21H22N4O2/c1-16-7-8-20(21(13-16)25(26)27)23-12-10-19-18(14-23)22-15-24(19)11-9-17-5-3-2-4-6-17/h2-8,13,15H,9-12,14H2,1H3. The second-order valence-electron chi connectivity index (χ2n) is 6.99. The lowest BCUT2D eigenvalue weighted by molar-refractivity contribution is -0.384. The van der Waals surface area contributed by atoms with Crippen molar-refractivity contribution < 1.29 is 4.92 Å². The number of rotatable bonds is 5.